The van der Waals surface area contributed by atoms with Gasteiger partial charge in [-0.1, -0.05) is 35.3 Å². The minimum Gasteiger partial charge on any atom is -0.451 e. The maximum atomic E-state index is 13.0. The first-order chi connectivity index (χ1) is 9.56. The van der Waals surface area contributed by atoms with Crippen molar-refractivity contribution in [1.82, 2.24) is 0 Å². The summed E-state index contributed by atoms with van der Waals surface area (Å²) in [5, 5.41) is 1.19. The summed E-state index contributed by atoms with van der Waals surface area (Å²) in [6.45, 7) is 0. The van der Waals surface area contributed by atoms with Crippen molar-refractivity contribution in [2.24, 2.45) is 0 Å². The molecule has 0 saturated heterocycles. The summed E-state index contributed by atoms with van der Waals surface area (Å²) in [5.41, 5.74) is 0.624. The second-order valence-electron chi connectivity index (χ2n) is 4.22. The van der Waals surface area contributed by atoms with Crippen LogP contribution in [0.1, 0.15) is 16.1 Å². The molecule has 0 bridgehead atoms. The maximum Gasteiger partial charge on any atom is 0.229 e. The van der Waals surface area contributed by atoms with Gasteiger partial charge >= 0.3 is 0 Å². The van der Waals surface area contributed by atoms with Crippen molar-refractivity contribution in [3.8, 4) is 0 Å². The van der Waals surface area contributed by atoms with E-state index >= 15 is 0 Å². The summed E-state index contributed by atoms with van der Waals surface area (Å²) in [5.74, 6) is -0.803. The molecule has 20 heavy (non-hydrogen) atoms. The number of furan rings is 1. The highest BCUT2D eigenvalue weighted by Gasteiger charge is 2.18. The summed E-state index contributed by atoms with van der Waals surface area (Å²) in [7, 11) is 0. The van der Waals surface area contributed by atoms with Gasteiger partial charge in [-0.2, -0.15) is 0 Å². The van der Waals surface area contributed by atoms with E-state index in [-0.39, 0.29) is 16.3 Å². The van der Waals surface area contributed by atoms with Crippen molar-refractivity contribution >= 4 is 40.0 Å². The molecule has 0 unspecified atom stereocenters. The average molecular weight is 309 g/mol. The molecule has 0 aliphatic carbocycles. The van der Waals surface area contributed by atoms with E-state index in [1.165, 1.54) is 12.1 Å². The van der Waals surface area contributed by atoms with Crippen molar-refractivity contribution in [2.75, 3.05) is 0 Å². The van der Waals surface area contributed by atoms with Gasteiger partial charge in [0.05, 0.1) is 10.0 Å². The van der Waals surface area contributed by atoms with Gasteiger partial charge in [0.15, 0.2) is 11.3 Å². The fraction of sp³-hybridized carbons (Fsp3) is 0. The van der Waals surface area contributed by atoms with Gasteiger partial charge in [0.25, 0.3) is 0 Å². The molecule has 3 aromatic rings. The molecule has 0 aliphatic heterocycles. The Balaban J connectivity index is 2.10. The van der Waals surface area contributed by atoms with Crippen molar-refractivity contribution < 1.29 is 13.6 Å². The van der Waals surface area contributed by atoms with E-state index in [4.69, 9.17) is 27.6 Å². The normalized spacial score (nSPS) is 10.9. The number of rotatable bonds is 2. The number of fused-ring (bicyclic) bond motifs is 1. The summed E-state index contributed by atoms with van der Waals surface area (Å²) in [6, 6.07) is 10.4. The summed E-state index contributed by atoms with van der Waals surface area (Å²) in [6.07, 6.45) is 0. The molecule has 0 spiro atoms. The molecule has 0 fully saturated rings. The van der Waals surface area contributed by atoms with Gasteiger partial charge in [0.2, 0.25) is 5.78 Å². The van der Waals surface area contributed by atoms with Gasteiger partial charge in [0, 0.05) is 10.9 Å². The largest absolute Gasteiger partial charge is 0.451 e. The molecule has 0 N–H and O–H groups in total. The molecule has 0 amide bonds. The Morgan fingerprint density at radius 2 is 1.85 bits per heavy atom. The predicted molar refractivity (Wildman–Crippen MR) is 76.1 cm³/mol. The molecule has 0 saturated carbocycles. The van der Waals surface area contributed by atoms with E-state index in [9.17, 15) is 9.18 Å². The molecule has 2 nitrogen and oxygen atoms in total. The minimum absolute atomic E-state index is 0.0431. The average Bonchev–Trinajstić information content (AvgIpc) is 2.83. The van der Waals surface area contributed by atoms with E-state index in [0.717, 1.165) is 11.5 Å². The molecule has 1 aromatic heterocycles. The van der Waals surface area contributed by atoms with Crippen LogP contribution in [0.25, 0.3) is 11.0 Å². The minimum atomic E-state index is -0.501. The van der Waals surface area contributed by atoms with Crippen molar-refractivity contribution in [2.45, 2.75) is 0 Å². The van der Waals surface area contributed by atoms with Crippen molar-refractivity contribution in [3.63, 3.8) is 0 Å². The third-order valence-electron chi connectivity index (χ3n) is 2.90. The number of halogens is 3. The Kier molecular flexibility index (Phi) is 3.24. The number of para-hydroxylation sites is 1. The molecule has 100 valence electrons. The van der Waals surface area contributed by atoms with E-state index in [0.29, 0.717) is 10.6 Å². The number of carbonyl (C=O) groups excluding carboxylic acids is 1. The Morgan fingerprint density at radius 3 is 2.55 bits per heavy atom. The highest BCUT2D eigenvalue weighted by atomic mass is 35.5. The Morgan fingerprint density at radius 1 is 1.05 bits per heavy atom. The SMILES string of the molecule is O=C(c1cc2cccc(Cl)c2o1)c1ccc(F)cc1Cl. The quantitative estimate of drug-likeness (QED) is 0.616. The molecule has 5 heteroatoms. The molecular formula is C15H7Cl2FO2. The molecule has 0 atom stereocenters. The van der Waals surface area contributed by atoms with E-state index in [1.54, 1.807) is 24.3 Å². The Labute approximate surface area is 123 Å². The first-order valence-electron chi connectivity index (χ1n) is 5.74. The fourth-order valence-electron chi connectivity index (χ4n) is 1.95. The maximum absolute atomic E-state index is 13.0. The van der Waals surface area contributed by atoms with Crippen LogP contribution in [0.15, 0.2) is 46.9 Å². The van der Waals surface area contributed by atoms with Crippen molar-refractivity contribution in [3.05, 3.63) is 69.7 Å². The number of hydrogen-bond acceptors (Lipinski definition) is 2. The first kappa shape index (κ1) is 13.2. The lowest BCUT2D eigenvalue weighted by Crippen LogP contribution is -2.00. The van der Waals surface area contributed by atoms with Crippen LogP contribution in [0.3, 0.4) is 0 Å². The van der Waals surface area contributed by atoms with Crippen molar-refractivity contribution in [1.29, 1.82) is 0 Å². The van der Waals surface area contributed by atoms with Gasteiger partial charge in [-0.05, 0) is 30.3 Å². The van der Waals surface area contributed by atoms with Gasteiger partial charge in [-0.25, -0.2) is 4.39 Å². The molecule has 3 rings (SSSR count). The number of ketones is 1. The molecule has 0 radical (unpaired) electrons. The first-order valence-corrected chi connectivity index (χ1v) is 6.49. The Hall–Kier alpha value is -1.84. The zero-order valence-corrected chi connectivity index (χ0v) is 11.5. The van der Waals surface area contributed by atoms with Gasteiger partial charge < -0.3 is 4.42 Å². The van der Waals surface area contributed by atoms with Crippen LogP contribution in [0, 0.1) is 5.82 Å². The second-order valence-corrected chi connectivity index (χ2v) is 5.04. The monoisotopic (exact) mass is 308 g/mol. The highest BCUT2D eigenvalue weighted by molar-refractivity contribution is 6.36. The number of benzene rings is 2. The number of hydrogen-bond donors (Lipinski definition) is 0. The Bertz CT molecular complexity index is 824. The fourth-order valence-corrected chi connectivity index (χ4v) is 2.42. The zero-order chi connectivity index (χ0) is 14.3. The van der Waals surface area contributed by atoms with E-state index in [2.05, 4.69) is 0 Å². The third kappa shape index (κ3) is 2.19. The molecular weight excluding hydrogens is 302 g/mol. The zero-order valence-electron chi connectivity index (χ0n) is 9.99. The highest BCUT2D eigenvalue weighted by Crippen LogP contribution is 2.29. The van der Waals surface area contributed by atoms with Gasteiger partial charge in [-0.3, -0.25) is 4.79 Å². The lowest BCUT2D eigenvalue weighted by Gasteiger charge is -2.00. The molecule has 1 heterocycles. The van der Waals surface area contributed by atoms with Crippen LogP contribution in [-0.4, -0.2) is 5.78 Å². The topological polar surface area (TPSA) is 30.2 Å². The molecule has 0 aliphatic rings. The standard InChI is InChI=1S/C15H7Cl2FO2/c16-11-3-1-2-8-6-13(20-15(8)11)14(19)10-5-4-9(18)7-12(10)17/h1-7H. The second kappa shape index (κ2) is 4.93. The summed E-state index contributed by atoms with van der Waals surface area (Å²) in [4.78, 5) is 12.3. The van der Waals surface area contributed by atoms with Gasteiger partial charge in [-0.15, -0.1) is 0 Å². The lowest BCUT2D eigenvalue weighted by atomic mass is 10.1. The van der Waals surface area contributed by atoms with Crippen LogP contribution < -0.4 is 0 Å². The third-order valence-corrected chi connectivity index (χ3v) is 3.51. The lowest BCUT2D eigenvalue weighted by molar-refractivity contribution is 0.101. The smallest absolute Gasteiger partial charge is 0.229 e. The summed E-state index contributed by atoms with van der Waals surface area (Å²) >= 11 is 11.9. The van der Waals surface area contributed by atoms with Crippen LogP contribution in [0.5, 0.6) is 0 Å². The van der Waals surface area contributed by atoms with Crippen LogP contribution in [0.2, 0.25) is 10.0 Å². The van der Waals surface area contributed by atoms with E-state index in [1.807, 2.05) is 0 Å². The van der Waals surface area contributed by atoms with Crippen LogP contribution in [-0.2, 0) is 0 Å². The number of carbonyl (C=O) groups is 1. The summed E-state index contributed by atoms with van der Waals surface area (Å²) < 4.78 is 18.5. The molecule has 2 aromatic carbocycles. The van der Waals surface area contributed by atoms with Crippen LogP contribution in [0.4, 0.5) is 4.39 Å². The van der Waals surface area contributed by atoms with Crippen LogP contribution >= 0.6 is 23.2 Å². The van der Waals surface area contributed by atoms with E-state index < -0.39 is 11.6 Å². The van der Waals surface area contributed by atoms with Gasteiger partial charge in [0.1, 0.15) is 5.82 Å². The predicted octanol–water partition coefficient (Wildman–Crippen LogP) is 5.11.